The van der Waals surface area contributed by atoms with E-state index in [4.69, 9.17) is 4.74 Å². The van der Waals surface area contributed by atoms with Crippen LogP contribution >= 0.6 is 0 Å². The lowest BCUT2D eigenvalue weighted by atomic mass is 9.92. The second kappa shape index (κ2) is 5.98. The van der Waals surface area contributed by atoms with Crippen LogP contribution in [0.25, 0.3) is 0 Å². The highest BCUT2D eigenvalue weighted by Crippen LogP contribution is 2.34. The summed E-state index contributed by atoms with van der Waals surface area (Å²) in [7, 11) is 0. The molecular weight excluding hydrogens is 224 g/mol. The van der Waals surface area contributed by atoms with Gasteiger partial charge >= 0.3 is 0 Å². The van der Waals surface area contributed by atoms with Crippen molar-refractivity contribution in [2.75, 3.05) is 0 Å². The summed E-state index contributed by atoms with van der Waals surface area (Å²) in [6.45, 7) is 4.09. The molecule has 0 radical (unpaired) electrons. The Morgan fingerprint density at radius 3 is 2.33 bits per heavy atom. The highest BCUT2D eigenvalue weighted by Gasteiger charge is 2.34. The summed E-state index contributed by atoms with van der Waals surface area (Å²) in [6, 6.07) is 10.2. The first-order valence-electron chi connectivity index (χ1n) is 6.86. The normalized spacial score (nSPS) is 19.3. The lowest BCUT2D eigenvalue weighted by Gasteiger charge is -2.33. The number of hydrogen-bond acceptors (Lipinski definition) is 3. The Morgan fingerprint density at radius 2 is 1.72 bits per heavy atom. The molecule has 0 bridgehead atoms. The van der Waals surface area contributed by atoms with Gasteiger partial charge in [-0.05, 0) is 38.8 Å². The molecule has 1 fully saturated rings. The fraction of sp³-hybridized carbons (Fsp3) is 0.600. The second-order valence-electron chi connectivity index (χ2n) is 5.23. The summed E-state index contributed by atoms with van der Waals surface area (Å²) in [6.07, 6.45) is 5.56. The molecule has 0 heterocycles. The van der Waals surface area contributed by atoms with Crippen molar-refractivity contribution in [3.8, 4) is 5.75 Å². The number of ether oxygens (including phenoxy) is 1. The Kier molecular flexibility index (Phi) is 4.34. The quantitative estimate of drug-likeness (QED) is 0.715. The van der Waals surface area contributed by atoms with E-state index in [-0.39, 0.29) is 6.04 Å². The lowest BCUT2D eigenvalue weighted by molar-refractivity contribution is 0.0304. The van der Waals surface area contributed by atoms with E-state index in [1.54, 1.807) is 0 Å². The van der Waals surface area contributed by atoms with Crippen LogP contribution in [0.15, 0.2) is 40.6 Å². The van der Waals surface area contributed by atoms with E-state index >= 15 is 0 Å². The molecule has 1 aromatic rings. The van der Waals surface area contributed by atoms with Crippen LogP contribution in [0.4, 0.5) is 0 Å². The topological polar surface area (TPSA) is 34.0 Å². The first-order chi connectivity index (χ1) is 8.70. The standard InChI is InChI=1S/C15H22N2O/c1-13(2)16-17-15(11-7-4-8-12-15)18-14-9-5-3-6-10-14/h3,5-6,9-10,13H,4,7-8,11-12H2,1-2H3/b17-16+. The van der Waals surface area contributed by atoms with Crippen LogP contribution in [0.1, 0.15) is 46.0 Å². The molecule has 3 heteroatoms. The van der Waals surface area contributed by atoms with Crippen molar-refractivity contribution in [1.29, 1.82) is 0 Å². The zero-order valence-corrected chi connectivity index (χ0v) is 11.3. The molecule has 0 aromatic heterocycles. The van der Waals surface area contributed by atoms with Crippen molar-refractivity contribution in [2.24, 2.45) is 10.2 Å². The molecule has 0 spiro atoms. The van der Waals surface area contributed by atoms with Gasteiger partial charge in [-0.2, -0.15) is 5.11 Å². The van der Waals surface area contributed by atoms with E-state index < -0.39 is 5.72 Å². The molecule has 98 valence electrons. The van der Waals surface area contributed by atoms with Gasteiger partial charge in [-0.15, -0.1) is 5.11 Å². The van der Waals surface area contributed by atoms with Crippen molar-refractivity contribution in [3.05, 3.63) is 30.3 Å². The molecule has 2 rings (SSSR count). The van der Waals surface area contributed by atoms with Gasteiger partial charge in [0.25, 0.3) is 0 Å². The van der Waals surface area contributed by atoms with E-state index in [0.29, 0.717) is 0 Å². The van der Waals surface area contributed by atoms with E-state index in [9.17, 15) is 0 Å². The molecule has 0 amide bonds. The smallest absolute Gasteiger partial charge is 0.218 e. The van der Waals surface area contributed by atoms with Crippen molar-refractivity contribution in [3.63, 3.8) is 0 Å². The minimum absolute atomic E-state index is 0.225. The van der Waals surface area contributed by atoms with Crippen LogP contribution < -0.4 is 4.74 Å². The summed E-state index contributed by atoms with van der Waals surface area (Å²) in [4.78, 5) is 0. The Bertz CT molecular complexity index is 381. The van der Waals surface area contributed by atoms with E-state index in [1.807, 2.05) is 44.2 Å². The zero-order valence-electron chi connectivity index (χ0n) is 11.3. The van der Waals surface area contributed by atoms with Crippen LogP contribution in [0.2, 0.25) is 0 Å². The third-order valence-corrected chi connectivity index (χ3v) is 3.16. The molecule has 18 heavy (non-hydrogen) atoms. The van der Waals surface area contributed by atoms with Gasteiger partial charge in [0, 0.05) is 12.8 Å². The minimum atomic E-state index is -0.427. The van der Waals surface area contributed by atoms with Gasteiger partial charge in [-0.1, -0.05) is 24.6 Å². The van der Waals surface area contributed by atoms with Crippen LogP contribution in [0.3, 0.4) is 0 Å². The molecule has 0 unspecified atom stereocenters. The molecule has 1 aromatic carbocycles. The maximum absolute atomic E-state index is 6.13. The maximum atomic E-state index is 6.13. The highest BCUT2D eigenvalue weighted by molar-refractivity contribution is 5.22. The molecule has 0 atom stereocenters. The Morgan fingerprint density at radius 1 is 1.06 bits per heavy atom. The maximum Gasteiger partial charge on any atom is 0.218 e. The van der Waals surface area contributed by atoms with Crippen molar-refractivity contribution in [1.82, 2.24) is 0 Å². The molecule has 1 aliphatic rings. The summed E-state index contributed by atoms with van der Waals surface area (Å²) < 4.78 is 6.13. The third kappa shape index (κ3) is 3.56. The van der Waals surface area contributed by atoms with Gasteiger partial charge in [-0.3, -0.25) is 0 Å². The number of hydrogen-bond donors (Lipinski definition) is 0. The first-order valence-corrected chi connectivity index (χ1v) is 6.86. The van der Waals surface area contributed by atoms with Gasteiger partial charge in [0.2, 0.25) is 5.72 Å². The Hall–Kier alpha value is -1.38. The van der Waals surface area contributed by atoms with Gasteiger partial charge in [-0.25, -0.2) is 0 Å². The monoisotopic (exact) mass is 246 g/mol. The van der Waals surface area contributed by atoms with Crippen LogP contribution in [-0.2, 0) is 0 Å². The molecular formula is C15H22N2O. The summed E-state index contributed by atoms with van der Waals surface area (Å²) >= 11 is 0. The van der Waals surface area contributed by atoms with E-state index in [1.165, 1.54) is 19.3 Å². The summed E-state index contributed by atoms with van der Waals surface area (Å²) in [5.41, 5.74) is -0.427. The molecule has 3 nitrogen and oxygen atoms in total. The van der Waals surface area contributed by atoms with Gasteiger partial charge in [0.1, 0.15) is 5.75 Å². The van der Waals surface area contributed by atoms with Gasteiger partial charge in [0.15, 0.2) is 0 Å². The van der Waals surface area contributed by atoms with Crippen LogP contribution in [-0.4, -0.2) is 11.8 Å². The van der Waals surface area contributed by atoms with E-state index in [0.717, 1.165) is 18.6 Å². The van der Waals surface area contributed by atoms with E-state index in [2.05, 4.69) is 10.2 Å². The fourth-order valence-corrected chi connectivity index (χ4v) is 2.26. The zero-order chi connectivity index (χ0) is 12.8. The average Bonchev–Trinajstić information content (AvgIpc) is 2.39. The third-order valence-electron chi connectivity index (χ3n) is 3.16. The van der Waals surface area contributed by atoms with Crippen molar-refractivity contribution < 1.29 is 4.74 Å². The molecule has 1 saturated carbocycles. The Balaban J connectivity index is 2.14. The molecule has 0 saturated heterocycles. The average molecular weight is 246 g/mol. The number of para-hydroxylation sites is 1. The SMILES string of the molecule is CC(C)/N=N/C1(Oc2ccccc2)CCCCC1. The number of azo groups is 1. The van der Waals surface area contributed by atoms with Gasteiger partial charge in [0.05, 0.1) is 6.04 Å². The first kappa shape index (κ1) is 13.1. The van der Waals surface area contributed by atoms with Crippen molar-refractivity contribution >= 4 is 0 Å². The largest absolute Gasteiger partial charge is 0.465 e. The minimum Gasteiger partial charge on any atom is -0.465 e. The predicted molar refractivity (Wildman–Crippen MR) is 72.9 cm³/mol. The molecule has 1 aliphatic carbocycles. The van der Waals surface area contributed by atoms with Crippen LogP contribution in [0, 0.1) is 0 Å². The number of nitrogens with zero attached hydrogens (tertiary/aromatic N) is 2. The highest BCUT2D eigenvalue weighted by atomic mass is 16.5. The molecule has 0 aliphatic heterocycles. The van der Waals surface area contributed by atoms with Crippen molar-refractivity contribution in [2.45, 2.75) is 57.7 Å². The lowest BCUT2D eigenvalue weighted by Crippen LogP contribution is -2.36. The Labute approximate surface area is 109 Å². The predicted octanol–water partition coefficient (Wildman–Crippen LogP) is 4.59. The second-order valence-corrected chi connectivity index (χ2v) is 5.23. The fourth-order valence-electron chi connectivity index (χ4n) is 2.26. The summed E-state index contributed by atoms with van der Waals surface area (Å²) in [5, 5.41) is 8.83. The number of rotatable bonds is 4. The van der Waals surface area contributed by atoms with Crippen LogP contribution in [0.5, 0.6) is 5.75 Å². The number of benzene rings is 1. The summed E-state index contributed by atoms with van der Waals surface area (Å²) in [5.74, 6) is 0.891. The molecule has 0 N–H and O–H groups in total. The van der Waals surface area contributed by atoms with Gasteiger partial charge < -0.3 is 4.74 Å².